The number of hydrogen-bond acceptors (Lipinski definition) is 3. The predicted molar refractivity (Wildman–Crippen MR) is 37.7 cm³/mol. The molecule has 0 aromatic rings. The van der Waals surface area contributed by atoms with Gasteiger partial charge in [0, 0.05) is 23.6 Å². The summed E-state index contributed by atoms with van der Waals surface area (Å²) >= 11 is 0. The normalized spacial score (nSPS) is 19.4. The zero-order chi connectivity index (χ0) is 4.95. The van der Waals surface area contributed by atoms with E-state index in [1.807, 2.05) is 17.8 Å². The van der Waals surface area contributed by atoms with Crippen LogP contribution in [0.1, 0.15) is 0 Å². The summed E-state index contributed by atoms with van der Waals surface area (Å²) in [6.45, 7) is 0. The molecule has 0 amide bonds. The van der Waals surface area contributed by atoms with Crippen molar-refractivity contribution in [3.63, 3.8) is 0 Å². The van der Waals surface area contributed by atoms with E-state index in [1.54, 1.807) is 21.6 Å². The van der Waals surface area contributed by atoms with Crippen molar-refractivity contribution >= 4 is 27.8 Å². The molecule has 0 saturated heterocycles. The first-order valence-corrected chi connectivity index (χ1v) is 4.33. The Morgan fingerprint density at radius 1 is 1.57 bits per heavy atom. The SMILES string of the molecule is C1=CSSCC=N1. The molecule has 1 nitrogen and oxygen atoms in total. The van der Waals surface area contributed by atoms with E-state index in [1.165, 1.54) is 0 Å². The lowest BCUT2D eigenvalue weighted by atomic mass is 10.8. The van der Waals surface area contributed by atoms with Gasteiger partial charge in [-0.1, -0.05) is 21.6 Å². The van der Waals surface area contributed by atoms with E-state index in [0.29, 0.717) is 0 Å². The maximum absolute atomic E-state index is 3.92. The molecule has 38 valence electrons. The molecule has 1 aliphatic heterocycles. The molecule has 1 rings (SSSR count). The van der Waals surface area contributed by atoms with Crippen LogP contribution in [0.25, 0.3) is 0 Å². The van der Waals surface area contributed by atoms with Gasteiger partial charge in [0.15, 0.2) is 0 Å². The molecule has 0 aromatic carbocycles. The Balaban J connectivity index is 2.39. The molecule has 0 unspecified atom stereocenters. The maximum atomic E-state index is 3.92. The Morgan fingerprint density at radius 2 is 2.57 bits per heavy atom. The van der Waals surface area contributed by atoms with Gasteiger partial charge in [-0.3, -0.25) is 4.99 Å². The van der Waals surface area contributed by atoms with E-state index >= 15 is 0 Å². The number of rotatable bonds is 0. The van der Waals surface area contributed by atoms with Crippen molar-refractivity contribution in [1.29, 1.82) is 0 Å². The fraction of sp³-hybridized carbons (Fsp3) is 0.250. The van der Waals surface area contributed by atoms with Crippen LogP contribution in [0.3, 0.4) is 0 Å². The van der Waals surface area contributed by atoms with Crippen molar-refractivity contribution in [2.45, 2.75) is 0 Å². The van der Waals surface area contributed by atoms with Crippen molar-refractivity contribution < 1.29 is 0 Å². The quantitative estimate of drug-likeness (QED) is 0.466. The van der Waals surface area contributed by atoms with E-state index in [-0.39, 0.29) is 0 Å². The third-order valence-corrected chi connectivity index (χ3v) is 2.32. The molecular weight excluding hydrogens is 126 g/mol. The summed E-state index contributed by atoms with van der Waals surface area (Å²) in [5.41, 5.74) is 0. The average molecular weight is 131 g/mol. The zero-order valence-corrected chi connectivity index (χ0v) is 5.34. The highest BCUT2D eigenvalue weighted by molar-refractivity contribution is 8.78. The molecule has 7 heavy (non-hydrogen) atoms. The molecule has 3 heteroatoms. The molecule has 1 heterocycles. The second kappa shape index (κ2) is 3.16. The fourth-order valence-electron chi connectivity index (χ4n) is 0.273. The van der Waals surface area contributed by atoms with Crippen LogP contribution >= 0.6 is 21.6 Å². The molecule has 0 radical (unpaired) electrons. The van der Waals surface area contributed by atoms with E-state index in [9.17, 15) is 0 Å². The molecule has 0 atom stereocenters. The summed E-state index contributed by atoms with van der Waals surface area (Å²) in [5, 5.41) is 1.98. The molecule has 0 N–H and O–H groups in total. The van der Waals surface area contributed by atoms with Crippen LogP contribution in [0.15, 0.2) is 16.6 Å². The average Bonchev–Trinajstić information content (AvgIpc) is 1.90. The molecular formula is C4H5NS2. The minimum Gasteiger partial charge on any atom is -0.268 e. The van der Waals surface area contributed by atoms with E-state index in [4.69, 9.17) is 0 Å². The van der Waals surface area contributed by atoms with E-state index in [0.717, 1.165) is 5.75 Å². The van der Waals surface area contributed by atoms with Gasteiger partial charge >= 0.3 is 0 Å². The standard InChI is InChI=1S/C4H5NS2/c1-3-6-7-4-2-5-1/h1-3H,4H2. The highest BCUT2D eigenvalue weighted by Crippen LogP contribution is 2.22. The lowest BCUT2D eigenvalue weighted by Crippen LogP contribution is -1.69. The van der Waals surface area contributed by atoms with Crippen LogP contribution in [0, 0.1) is 0 Å². The minimum absolute atomic E-state index is 1.03. The number of hydrogen-bond donors (Lipinski definition) is 0. The Labute approximate surface area is 50.7 Å². The summed E-state index contributed by atoms with van der Waals surface area (Å²) < 4.78 is 0. The van der Waals surface area contributed by atoms with Crippen molar-refractivity contribution in [2.24, 2.45) is 4.99 Å². The Morgan fingerprint density at radius 3 is 3.57 bits per heavy atom. The molecule has 0 bridgehead atoms. The summed E-state index contributed by atoms with van der Waals surface area (Å²) in [4.78, 5) is 3.92. The largest absolute Gasteiger partial charge is 0.268 e. The maximum Gasteiger partial charge on any atom is 0.0395 e. The third-order valence-electron chi connectivity index (χ3n) is 0.519. The second-order valence-corrected chi connectivity index (χ2v) is 3.32. The van der Waals surface area contributed by atoms with Crippen LogP contribution in [-0.4, -0.2) is 12.0 Å². The van der Waals surface area contributed by atoms with Gasteiger partial charge < -0.3 is 0 Å². The van der Waals surface area contributed by atoms with Gasteiger partial charge in [-0.15, -0.1) is 0 Å². The third kappa shape index (κ3) is 2.04. The lowest BCUT2D eigenvalue weighted by Gasteiger charge is -1.80. The van der Waals surface area contributed by atoms with E-state index in [2.05, 4.69) is 4.99 Å². The van der Waals surface area contributed by atoms with Crippen LogP contribution < -0.4 is 0 Å². The van der Waals surface area contributed by atoms with Gasteiger partial charge in [-0.05, 0) is 0 Å². The lowest BCUT2D eigenvalue weighted by molar-refractivity contribution is 1.61. The topological polar surface area (TPSA) is 12.4 Å². The minimum atomic E-state index is 1.03. The Kier molecular flexibility index (Phi) is 2.37. The van der Waals surface area contributed by atoms with Gasteiger partial charge in [0.25, 0.3) is 0 Å². The zero-order valence-electron chi connectivity index (χ0n) is 3.70. The van der Waals surface area contributed by atoms with E-state index < -0.39 is 0 Å². The monoisotopic (exact) mass is 131 g/mol. The van der Waals surface area contributed by atoms with Crippen LogP contribution in [0.4, 0.5) is 0 Å². The first-order valence-electron chi connectivity index (χ1n) is 1.95. The van der Waals surface area contributed by atoms with Crippen LogP contribution in [-0.2, 0) is 0 Å². The fourth-order valence-corrected chi connectivity index (χ4v) is 1.50. The summed E-state index contributed by atoms with van der Waals surface area (Å²) in [6.07, 6.45) is 3.71. The van der Waals surface area contributed by atoms with Gasteiger partial charge in [-0.25, -0.2) is 0 Å². The van der Waals surface area contributed by atoms with Crippen LogP contribution in [0.2, 0.25) is 0 Å². The summed E-state index contributed by atoms with van der Waals surface area (Å²) in [7, 11) is 3.52. The molecule has 0 fully saturated rings. The Hall–Kier alpha value is 0.110. The predicted octanol–water partition coefficient (Wildman–Crippen LogP) is 1.92. The first kappa shape index (κ1) is 5.25. The molecule has 0 aliphatic carbocycles. The molecule has 0 aromatic heterocycles. The van der Waals surface area contributed by atoms with Crippen molar-refractivity contribution in [3.8, 4) is 0 Å². The Bertz CT molecular complexity index is 85.9. The number of aliphatic imine (C=N–C) groups is 1. The van der Waals surface area contributed by atoms with Gasteiger partial charge in [-0.2, -0.15) is 0 Å². The number of nitrogens with zero attached hydrogens (tertiary/aromatic N) is 1. The summed E-state index contributed by atoms with van der Waals surface area (Å²) in [6, 6.07) is 0. The second-order valence-electron chi connectivity index (χ2n) is 0.998. The molecule has 1 aliphatic rings. The van der Waals surface area contributed by atoms with Gasteiger partial charge in [0.1, 0.15) is 0 Å². The van der Waals surface area contributed by atoms with Crippen LogP contribution in [0.5, 0.6) is 0 Å². The van der Waals surface area contributed by atoms with Crippen molar-refractivity contribution in [2.75, 3.05) is 5.75 Å². The summed E-state index contributed by atoms with van der Waals surface area (Å²) in [5.74, 6) is 1.03. The molecule has 0 spiro atoms. The van der Waals surface area contributed by atoms with Crippen molar-refractivity contribution in [1.82, 2.24) is 0 Å². The first-order chi connectivity index (χ1) is 3.50. The smallest absolute Gasteiger partial charge is 0.0395 e. The van der Waals surface area contributed by atoms with Gasteiger partial charge in [0.2, 0.25) is 0 Å². The molecule has 0 saturated carbocycles. The van der Waals surface area contributed by atoms with Crippen molar-refractivity contribution in [3.05, 3.63) is 11.6 Å². The highest BCUT2D eigenvalue weighted by Gasteiger charge is 1.83. The van der Waals surface area contributed by atoms with Gasteiger partial charge in [0.05, 0.1) is 0 Å². The highest BCUT2D eigenvalue weighted by atomic mass is 33.1.